The summed E-state index contributed by atoms with van der Waals surface area (Å²) in [5, 5.41) is 14.9. The molecule has 3 N–H and O–H groups in total. The Bertz CT molecular complexity index is 819. The van der Waals surface area contributed by atoms with E-state index >= 15 is 0 Å². The maximum Gasteiger partial charge on any atom is 0.326 e. The van der Waals surface area contributed by atoms with Crippen LogP contribution in [0.5, 0.6) is 0 Å². The first kappa shape index (κ1) is 21.0. The van der Waals surface area contributed by atoms with Gasteiger partial charge in [0.15, 0.2) is 0 Å². The Morgan fingerprint density at radius 3 is 2.14 bits per heavy atom. The lowest BCUT2D eigenvalue weighted by Gasteiger charge is -2.25. The summed E-state index contributed by atoms with van der Waals surface area (Å²) >= 11 is 0. The zero-order chi connectivity index (χ0) is 20.7. The summed E-state index contributed by atoms with van der Waals surface area (Å²) < 4.78 is 0. The van der Waals surface area contributed by atoms with Gasteiger partial charge in [-0.1, -0.05) is 30.3 Å². The number of aliphatic carboxylic acids is 1. The van der Waals surface area contributed by atoms with Gasteiger partial charge in [0.1, 0.15) is 6.04 Å². The molecule has 0 spiro atoms. The summed E-state index contributed by atoms with van der Waals surface area (Å²) in [5.74, 6) is -1.47. The quantitative estimate of drug-likeness (QED) is 0.684. The highest BCUT2D eigenvalue weighted by atomic mass is 16.4. The van der Waals surface area contributed by atoms with Gasteiger partial charge >= 0.3 is 12.0 Å². The molecule has 0 saturated carbocycles. The number of carboxylic acids is 1. The zero-order valence-corrected chi connectivity index (χ0v) is 16.2. The van der Waals surface area contributed by atoms with E-state index in [2.05, 4.69) is 10.6 Å². The van der Waals surface area contributed by atoms with Crippen molar-refractivity contribution < 1.29 is 19.5 Å². The predicted octanol–water partition coefficient (Wildman–Crippen LogP) is 2.98. The molecule has 28 heavy (non-hydrogen) atoms. The van der Waals surface area contributed by atoms with Crippen LogP contribution in [0.25, 0.3) is 0 Å². The number of carboxylic acid groups (broad SMARTS) is 1. The van der Waals surface area contributed by atoms with Crippen molar-refractivity contribution in [2.24, 2.45) is 0 Å². The minimum absolute atomic E-state index is 0.00654. The fourth-order valence-corrected chi connectivity index (χ4v) is 2.70. The highest BCUT2D eigenvalue weighted by Gasteiger charge is 2.27. The molecule has 0 aliphatic carbocycles. The molecule has 0 saturated heterocycles. The largest absolute Gasteiger partial charge is 0.480 e. The number of anilines is 1. The number of carbonyl (C=O) groups is 3. The summed E-state index contributed by atoms with van der Waals surface area (Å²) in [7, 11) is 1.48. The molecule has 0 aliphatic rings. The number of rotatable bonds is 7. The molecule has 0 fully saturated rings. The van der Waals surface area contributed by atoms with Gasteiger partial charge in [-0.3, -0.25) is 4.79 Å². The molecular formula is C21H25N3O4. The summed E-state index contributed by atoms with van der Waals surface area (Å²) in [6, 6.07) is 14.2. The molecule has 7 heteroatoms. The Labute approximate surface area is 164 Å². The standard InChI is InChI=1S/C21H25N3O4/c1-14(2)22-21(28)23-17-11-9-16(10-12-17)19(25)24(3)18(20(26)27)13-15-7-5-4-6-8-15/h4-12,14,18H,13H2,1-3H3,(H,26,27)(H2,22,23,28). The summed E-state index contributed by atoms with van der Waals surface area (Å²) in [6.07, 6.45) is 0.216. The molecule has 0 bridgehead atoms. The van der Waals surface area contributed by atoms with Gasteiger partial charge in [-0.05, 0) is 43.7 Å². The van der Waals surface area contributed by atoms with E-state index in [1.807, 2.05) is 44.2 Å². The van der Waals surface area contributed by atoms with E-state index in [1.54, 1.807) is 24.3 Å². The van der Waals surface area contributed by atoms with Crippen molar-refractivity contribution in [3.8, 4) is 0 Å². The number of hydrogen-bond donors (Lipinski definition) is 3. The Hall–Kier alpha value is -3.35. The normalized spacial score (nSPS) is 11.6. The van der Waals surface area contributed by atoms with Gasteiger partial charge in [-0.2, -0.15) is 0 Å². The molecule has 7 nitrogen and oxygen atoms in total. The first-order chi connectivity index (χ1) is 13.3. The van der Waals surface area contributed by atoms with Crippen molar-refractivity contribution in [1.29, 1.82) is 0 Å². The summed E-state index contributed by atoms with van der Waals surface area (Å²) in [5.41, 5.74) is 1.72. The minimum atomic E-state index is -1.07. The number of benzene rings is 2. The van der Waals surface area contributed by atoms with Crippen molar-refractivity contribution in [3.05, 3.63) is 65.7 Å². The number of urea groups is 1. The van der Waals surface area contributed by atoms with E-state index < -0.39 is 17.9 Å². The second-order valence-electron chi connectivity index (χ2n) is 6.79. The lowest BCUT2D eigenvalue weighted by atomic mass is 10.0. The van der Waals surface area contributed by atoms with Gasteiger partial charge in [0, 0.05) is 30.8 Å². The van der Waals surface area contributed by atoms with E-state index in [0.29, 0.717) is 11.3 Å². The fourth-order valence-electron chi connectivity index (χ4n) is 2.70. The summed E-state index contributed by atoms with van der Waals surface area (Å²) in [4.78, 5) is 37.4. The van der Waals surface area contributed by atoms with E-state index in [9.17, 15) is 19.5 Å². The van der Waals surface area contributed by atoms with Crippen LogP contribution in [0.3, 0.4) is 0 Å². The first-order valence-corrected chi connectivity index (χ1v) is 8.99. The van der Waals surface area contributed by atoms with Crippen LogP contribution < -0.4 is 10.6 Å². The number of likely N-dealkylation sites (N-methyl/N-ethyl adjacent to an activating group) is 1. The molecule has 2 rings (SSSR count). The molecule has 0 aliphatic heterocycles. The molecule has 3 amide bonds. The number of carbonyl (C=O) groups excluding carboxylic acids is 2. The van der Waals surface area contributed by atoms with Gasteiger partial charge < -0.3 is 20.6 Å². The van der Waals surface area contributed by atoms with E-state index in [1.165, 1.54) is 11.9 Å². The molecule has 2 aromatic rings. The van der Waals surface area contributed by atoms with Crippen molar-refractivity contribution in [3.63, 3.8) is 0 Å². The third kappa shape index (κ3) is 5.84. The molecular weight excluding hydrogens is 358 g/mol. The second kappa shape index (κ2) is 9.55. The van der Waals surface area contributed by atoms with Crippen LogP contribution in [0.15, 0.2) is 54.6 Å². The van der Waals surface area contributed by atoms with Crippen molar-refractivity contribution in [2.75, 3.05) is 12.4 Å². The molecule has 1 atom stereocenters. The first-order valence-electron chi connectivity index (χ1n) is 8.99. The van der Waals surface area contributed by atoms with Crippen LogP contribution in [-0.2, 0) is 11.2 Å². The third-order valence-electron chi connectivity index (χ3n) is 4.15. The van der Waals surface area contributed by atoms with Gasteiger partial charge in [-0.15, -0.1) is 0 Å². The summed E-state index contributed by atoms with van der Waals surface area (Å²) in [6.45, 7) is 3.71. The van der Waals surface area contributed by atoms with Crippen LogP contribution >= 0.6 is 0 Å². The average Bonchev–Trinajstić information content (AvgIpc) is 2.65. The second-order valence-corrected chi connectivity index (χ2v) is 6.79. The number of amides is 3. The number of hydrogen-bond acceptors (Lipinski definition) is 3. The van der Waals surface area contributed by atoms with Crippen LogP contribution in [0.4, 0.5) is 10.5 Å². The third-order valence-corrected chi connectivity index (χ3v) is 4.15. The van der Waals surface area contributed by atoms with Gasteiger partial charge in [0.2, 0.25) is 0 Å². The molecule has 2 aromatic carbocycles. The van der Waals surface area contributed by atoms with Gasteiger partial charge in [-0.25, -0.2) is 9.59 Å². The minimum Gasteiger partial charge on any atom is -0.480 e. The molecule has 0 radical (unpaired) electrons. The maximum atomic E-state index is 12.7. The average molecular weight is 383 g/mol. The Kier molecular flexibility index (Phi) is 7.14. The van der Waals surface area contributed by atoms with Crippen LogP contribution in [0.1, 0.15) is 29.8 Å². The Balaban J connectivity index is 2.08. The van der Waals surface area contributed by atoms with Gasteiger partial charge in [0.25, 0.3) is 5.91 Å². The van der Waals surface area contributed by atoms with Crippen LogP contribution in [0.2, 0.25) is 0 Å². The zero-order valence-electron chi connectivity index (χ0n) is 16.2. The molecule has 0 heterocycles. The maximum absolute atomic E-state index is 12.7. The Morgan fingerprint density at radius 2 is 1.61 bits per heavy atom. The number of nitrogens with one attached hydrogen (secondary N) is 2. The van der Waals surface area contributed by atoms with E-state index in [0.717, 1.165) is 5.56 Å². The predicted molar refractivity (Wildman–Crippen MR) is 107 cm³/mol. The lowest BCUT2D eigenvalue weighted by Crippen LogP contribution is -2.43. The Morgan fingerprint density at radius 1 is 1.00 bits per heavy atom. The fraction of sp³-hybridized carbons (Fsp3) is 0.286. The van der Waals surface area contributed by atoms with E-state index in [-0.39, 0.29) is 18.5 Å². The van der Waals surface area contributed by atoms with Crippen LogP contribution in [-0.4, -0.2) is 47.0 Å². The molecule has 1 unspecified atom stereocenters. The van der Waals surface area contributed by atoms with Crippen molar-refractivity contribution >= 4 is 23.6 Å². The molecule has 148 valence electrons. The topological polar surface area (TPSA) is 98.7 Å². The van der Waals surface area contributed by atoms with Crippen LogP contribution in [0, 0.1) is 0 Å². The van der Waals surface area contributed by atoms with E-state index in [4.69, 9.17) is 0 Å². The lowest BCUT2D eigenvalue weighted by molar-refractivity contribution is -0.141. The highest BCUT2D eigenvalue weighted by molar-refractivity contribution is 5.97. The number of nitrogens with zero attached hydrogens (tertiary/aromatic N) is 1. The monoisotopic (exact) mass is 383 g/mol. The smallest absolute Gasteiger partial charge is 0.326 e. The van der Waals surface area contributed by atoms with Crippen molar-refractivity contribution in [2.45, 2.75) is 32.4 Å². The molecule has 0 aromatic heterocycles. The SMILES string of the molecule is CC(C)NC(=O)Nc1ccc(C(=O)N(C)C(Cc2ccccc2)C(=O)O)cc1. The highest BCUT2D eigenvalue weighted by Crippen LogP contribution is 2.15. The van der Waals surface area contributed by atoms with Gasteiger partial charge in [0.05, 0.1) is 0 Å². The van der Waals surface area contributed by atoms with Crippen molar-refractivity contribution in [1.82, 2.24) is 10.2 Å².